The van der Waals surface area contributed by atoms with Crippen molar-refractivity contribution in [3.8, 4) is 0 Å². The Morgan fingerprint density at radius 1 is 1.45 bits per heavy atom. The largest absolute Gasteiger partial charge is 0.480 e. The number of carboxylic acid groups (broad SMARTS) is 1. The van der Waals surface area contributed by atoms with Crippen molar-refractivity contribution in [3.63, 3.8) is 0 Å². The molecule has 1 aromatic rings. The van der Waals surface area contributed by atoms with Crippen LogP contribution in [0.3, 0.4) is 0 Å². The Hall–Kier alpha value is -2.12. The molecule has 112 valence electrons. The van der Waals surface area contributed by atoms with Crippen LogP contribution in [0.1, 0.15) is 32.0 Å². The van der Waals surface area contributed by atoms with E-state index in [1.807, 2.05) is 6.92 Å². The minimum Gasteiger partial charge on any atom is -0.480 e. The highest BCUT2D eigenvalue weighted by molar-refractivity contribution is 5.82. The van der Waals surface area contributed by atoms with Gasteiger partial charge < -0.3 is 20.3 Å². The number of rotatable bonds is 7. The second kappa shape index (κ2) is 7.46. The number of carbonyl (C=O) groups is 2. The van der Waals surface area contributed by atoms with Crippen LogP contribution in [0.15, 0.2) is 4.52 Å². The number of hydrogen-bond acceptors (Lipinski definition) is 5. The Bertz CT molecular complexity index is 460. The van der Waals surface area contributed by atoms with Gasteiger partial charge in [0.1, 0.15) is 6.04 Å². The maximum absolute atomic E-state index is 11.6. The number of aromatic nitrogens is 2. The van der Waals surface area contributed by atoms with Crippen LogP contribution in [-0.2, 0) is 11.2 Å². The zero-order chi connectivity index (χ0) is 15.1. The van der Waals surface area contributed by atoms with E-state index in [1.165, 1.54) is 0 Å². The van der Waals surface area contributed by atoms with E-state index in [1.54, 1.807) is 13.8 Å². The van der Waals surface area contributed by atoms with E-state index < -0.39 is 18.0 Å². The Kier molecular flexibility index (Phi) is 5.95. The third kappa shape index (κ3) is 4.87. The van der Waals surface area contributed by atoms with Crippen molar-refractivity contribution in [2.75, 3.05) is 6.54 Å². The Morgan fingerprint density at radius 2 is 2.15 bits per heavy atom. The molecule has 0 aliphatic rings. The molecule has 1 rings (SSSR count). The molecule has 0 fully saturated rings. The maximum atomic E-state index is 11.6. The lowest BCUT2D eigenvalue weighted by molar-refractivity contribution is -0.140. The van der Waals surface area contributed by atoms with Crippen LogP contribution in [0, 0.1) is 12.8 Å². The van der Waals surface area contributed by atoms with E-state index >= 15 is 0 Å². The van der Waals surface area contributed by atoms with Gasteiger partial charge in [-0.3, -0.25) is 0 Å². The van der Waals surface area contributed by atoms with Crippen LogP contribution in [0.25, 0.3) is 0 Å². The summed E-state index contributed by atoms with van der Waals surface area (Å²) in [6, 6.07) is -1.42. The van der Waals surface area contributed by atoms with Gasteiger partial charge in [0.15, 0.2) is 5.82 Å². The summed E-state index contributed by atoms with van der Waals surface area (Å²) in [6.45, 7) is 5.65. The summed E-state index contributed by atoms with van der Waals surface area (Å²) in [4.78, 5) is 26.7. The van der Waals surface area contributed by atoms with Crippen molar-refractivity contribution in [1.82, 2.24) is 20.8 Å². The van der Waals surface area contributed by atoms with Gasteiger partial charge in [-0.1, -0.05) is 25.4 Å². The van der Waals surface area contributed by atoms with E-state index in [9.17, 15) is 9.59 Å². The van der Waals surface area contributed by atoms with Gasteiger partial charge in [0.25, 0.3) is 0 Å². The molecule has 0 saturated heterocycles. The molecule has 8 nitrogen and oxygen atoms in total. The lowest BCUT2D eigenvalue weighted by atomic mass is 9.99. The Labute approximate surface area is 116 Å². The highest BCUT2D eigenvalue weighted by atomic mass is 16.5. The standard InChI is InChI=1S/C12H20N4O4/c1-4-7(2)10(11(17)18)15-12(19)13-6-5-9-14-8(3)16-20-9/h7,10H,4-6H2,1-3H3,(H,17,18)(H2,13,15,19)/t7?,10-/m0/s1. The highest BCUT2D eigenvalue weighted by Gasteiger charge is 2.25. The average molecular weight is 284 g/mol. The maximum Gasteiger partial charge on any atom is 0.326 e. The van der Waals surface area contributed by atoms with Crippen molar-refractivity contribution in [2.45, 2.75) is 39.7 Å². The molecule has 0 aromatic carbocycles. The number of carbonyl (C=O) groups excluding carboxylic acids is 1. The van der Waals surface area contributed by atoms with Crippen molar-refractivity contribution in [3.05, 3.63) is 11.7 Å². The Balaban J connectivity index is 2.36. The smallest absolute Gasteiger partial charge is 0.326 e. The van der Waals surface area contributed by atoms with E-state index in [0.29, 0.717) is 31.1 Å². The summed E-state index contributed by atoms with van der Waals surface area (Å²) in [5.74, 6) is -0.217. The minimum absolute atomic E-state index is 0.142. The molecule has 1 aromatic heterocycles. The third-order valence-corrected chi connectivity index (χ3v) is 2.96. The quantitative estimate of drug-likeness (QED) is 0.679. The van der Waals surface area contributed by atoms with E-state index in [-0.39, 0.29) is 5.92 Å². The van der Waals surface area contributed by atoms with Gasteiger partial charge in [-0.25, -0.2) is 9.59 Å². The normalized spacial score (nSPS) is 13.6. The monoisotopic (exact) mass is 284 g/mol. The third-order valence-electron chi connectivity index (χ3n) is 2.96. The van der Waals surface area contributed by atoms with Gasteiger partial charge in [0, 0.05) is 13.0 Å². The van der Waals surface area contributed by atoms with Crippen molar-refractivity contribution < 1.29 is 19.2 Å². The highest BCUT2D eigenvalue weighted by Crippen LogP contribution is 2.07. The summed E-state index contributed by atoms with van der Waals surface area (Å²) in [5, 5.41) is 17.7. The van der Waals surface area contributed by atoms with Crippen molar-refractivity contribution in [1.29, 1.82) is 0 Å². The van der Waals surface area contributed by atoms with Crippen LogP contribution >= 0.6 is 0 Å². The molecular weight excluding hydrogens is 264 g/mol. The van der Waals surface area contributed by atoms with Gasteiger partial charge in [-0.2, -0.15) is 4.98 Å². The first-order valence-corrected chi connectivity index (χ1v) is 6.50. The molecule has 0 spiro atoms. The molecule has 8 heteroatoms. The average Bonchev–Trinajstić information content (AvgIpc) is 2.80. The number of nitrogens with zero attached hydrogens (tertiary/aromatic N) is 2. The number of urea groups is 1. The predicted molar refractivity (Wildman–Crippen MR) is 70.2 cm³/mol. The molecule has 2 atom stereocenters. The fourth-order valence-corrected chi connectivity index (χ4v) is 1.60. The summed E-state index contributed by atoms with van der Waals surface area (Å²) in [6.07, 6.45) is 1.06. The topological polar surface area (TPSA) is 117 Å². The summed E-state index contributed by atoms with van der Waals surface area (Å²) in [5.41, 5.74) is 0. The molecule has 1 heterocycles. The molecular formula is C12H20N4O4. The fourth-order valence-electron chi connectivity index (χ4n) is 1.60. The van der Waals surface area contributed by atoms with Gasteiger partial charge in [-0.05, 0) is 12.8 Å². The number of amides is 2. The first kappa shape index (κ1) is 15.9. The SMILES string of the molecule is CCC(C)[C@H](NC(=O)NCCc1nc(C)no1)C(=O)O. The van der Waals surface area contributed by atoms with E-state index in [4.69, 9.17) is 9.63 Å². The van der Waals surface area contributed by atoms with Gasteiger partial charge in [0.2, 0.25) is 5.89 Å². The number of hydrogen-bond donors (Lipinski definition) is 3. The molecule has 1 unspecified atom stereocenters. The van der Waals surface area contributed by atoms with E-state index in [0.717, 1.165) is 0 Å². The summed E-state index contributed by atoms with van der Waals surface area (Å²) < 4.78 is 4.89. The van der Waals surface area contributed by atoms with Gasteiger partial charge in [0.05, 0.1) is 0 Å². The second-order valence-corrected chi connectivity index (χ2v) is 4.59. The predicted octanol–water partition coefficient (Wildman–Crippen LogP) is 0.719. The van der Waals surface area contributed by atoms with Crippen LogP contribution in [0.4, 0.5) is 4.79 Å². The zero-order valence-corrected chi connectivity index (χ0v) is 11.8. The van der Waals surface area contributed by atoms with E-state index in [2.05, 4.69) is 20.8 Å². The molecule has 0 aliphatic carbocycles. The molecule has 0 aliphatic heterocycles. The number of aryl methyl sites for hydroxylation is 1. The fraction of sp³-hybridized carbons (Fsp3) is 0.667. The second-order valence-electron chi connectivity index (χ2n) is 4.59. The van der Waals surface area contributed by atoms with Crippen LogP contribution in [0.5, 0.6) is 0 Å². The number of aliphatic carboxylic acids is 1. The number of carboxylic acids is 1. The molecule has 0 saturated carbocycles. The lowest BCUT2D eigenvalue weighted by Crippen LogP contribution is -2.49. The first-order chi connectivity index (χ1) is 9.43. The minimum atomic E-state index is -1.04. The van der Waals surface area contributed by atoms with Crippen LogP contribution in [-0.4, -0.2) is 39.8 Å². The molecule has 20 heavy (non-hydrogen) atoms. The summed E-state index contributed by atoms with van der Waals surface area (Å²) in [7, 11) is 0. The summed E-state index contributed by atoms with van der Waals surface area (Å²) >= 11 is 0. The first-order valence-electron chi connectivity index (χ1n) is 6.50. The Morgan fingerprint density at radius 3 is 2.65 bits per heavy atom. The molecule has 0 bridgehead atoms. The van der Waals surface area contributed by atoms with Crippen LogP contribution < -0.4 is 10.6 Å². The van der Waals surface area contributed by atoms with Crippen molar-refractivity contribution >= 4 is 12.0 Å². The molecule has 3 N–H and O–H groups in total. The molecule has 0 radical (unpaired) electrons. The van der Waals surface area contributed by atoms with Gasteiger partial charge in [-0.15, -0.1) is 0 Å². The van der Waals surface area contributed by atoms with Crippen LogP contribution in [0.2, 0.25) is 0 Å². The molecule has 2 amide bonds. The zero-order valence-electron chi connectivity index (χ0n) is 11.8. The van der Waals surface area contributed by atoms with Crippen molar-refractivity contribution in [2.24, 2.45) is 5.92 Å². The number of nitrogens with one attached hydrogen (secondary N) is 2. The lowest BCUT2D eigenvalue weighted by Gasteiger charge is -2.20. The van der Waals surface area contributed by atoms with Gasteiger partial charge >= 0.3 is 12.0 Å².